The van der Waals surface area contributed by atoms with E-state index in [1.807, 2.05) is 54.8 Å². The maximum absolute atomic E-state index is 12.3. The lowest BCUT2D eigenvalue weighted by Crippen LogP contribution is -2.15. The Morgan fingerprint density at radius 1 is 1.16 bits per heavy atom. The average Bonchev–Trinajstić information content (AvgIpc) is 2.47. The Hall–Kier alpha value is -1.78. The van der Waals surface area contributed by atoms with Crippen molar-refractivity contribution < 1.29 is 4.79 Å². The normalized spacial score (nSPS) is 10.2. The monoisotopic (exact) mass is 272 g/mol. The number of anilines is 1. The maximum Gasteiger partial charge on any atom is 0.256 e. The second-order valence-electron chi connectivity index (χ2n) is 4.02. The number of para-hydroxylation sites is 1. The van der Waals surface area contributed by atoms with Gasteiger partial charge in [-0.25, -0.2) is 0 Å². The van der Waals surface area contributed by atoms with Crippen LogP contribution in [0.2, 0.25) is 0 Å². The van der Waals surface area contributed by atoms with Gasteiger partial charge in [0.15, 0.2) is 0 Å². The lowest BCUT2D eigenvalue weighted by atomic mass is 10.1. The van der Waals surface area contributed by atoms with Crippen molar-refractivity contribution in [1.29, 1.82) is 0 Å². The minimum Gasteiger partial charge on any atom is -0.326 e. The van der Waals surface area contributed by atoms with Crippen LogP contribution in [0.3, 0.4) is 0 Å². The summed E-state index contributed by atoms with van der Waals surface area (Å²) in [5.41, 5.74) is 8.05. The van der Waals surface area contributed by atoms with Crippen molar-refractivity contribution in [2.45, 2.75) is 11.4 Å². The maximum atomic E-state index is 12.3. The van der Waals surface area contributed by atoms with Crippen LogP contribution in [0.15, 0.2) is 53.4 Å². The van der Waals surface area contributed by atoms with Crippen molar-refractivity contribution in [1.82, 2.24) is 0 Å². The van der Waals surface area contributed by atoms with Gasteiger partial charge in [-0.2, -0.15) is 0 Å². The van der Waals surface area contributed by atoms with Crippen molar-refractivity contribution in [3.8, 4) is 0 Å². The first-order valence-corrected chi connectivity index (χ1v) is 7.21. The molecule has 0 saturated heterocycles. The number of carbonyl (C=O) groups excluding carboxylic acids is 1. The Kier molecular flexibility index (Phi) is 4.60. The molecule has 0 unspecified atom stereocenters. The van der Waals surface area contributed by atoms with Gasteiger partial charge in [0.05, 0.1) is 5.56 Å². The molecule has 4 heteroatoms. The van der Waals surface area contributed by atoms with Crippen molar-refractivity contribution >= 4 is 23.4 Å². The third-order valence-corrected chi connectivity index (χ3v) is 3.63. The SMILES string of the molecule is CSc1ccccc1C(=O)Nc1ccccc1CN. The quantitative estimate of drug-likeness (QED) is 0.841. The third kappa shape index (κ3) is 3.16. The lowest BCUT2D eigenvalue weighted by molar-refractivity contribution is 0.102. The number of hydrogen-bond acceptors (Lipinski definition) is 3. The van der Waals surface area contributed by atoms with E-state index in [1.165, 1.54) is 0 Å². The van der Waals surface area contributed by atoms with Crippen molar-refractivity contribution in [2.75, 3.05) is 11.6 Å². The Bertz CT molecular complexity index is 584. The Labute approximate surface area is 117 Å². The van der Waals surface area contributed by atoms with Crippen LogP contribution < -0.4 is 11.1 Å². The number of benzene rings is 2. The summed E-state index contributed by atoms with van der Waals surface area (Å²) in [6.07, 6.45) is 1.96. The summed E-state index contributed by atoms with van der Waals surface area (Å²) in [5.74, 6) is -0.106. The van der Waals surface area contributed by atoms with Crippen LogP contribution in [0.5, 0.6) is 0 Å². The standard InChI is InChI=1S/C15H16N2OS/c1-19-14-9-5-3-7-12(14)15(18)17-13-8-4-2-6-11(13)10-16/h2-9H,10,16H2,1H3,(H,17,18). The molecule has 0 atom stereocenters. The zero-order valence-electron chi connectivity index (χ0n) is 10.7. The summed E-state index contributed by atoms with van der Waals surface area (Å²) in [5, 5.41) is 2.92. The smallest absolute Gasteiger partial charge is 0.256 e. The Morgan fingerprint density at radius 2 is 1.84 bits per heavy atom. The second-order valence-corrected chi connectivity index (χ2v) is 4.86. The molecule has 2 rings (SSSR count). The third-order valence-electron chi connectivity index (χ3n) is 2.84. The van der Waals surface area contributed by atoms with E-state index in [4.69, 9.17) is 5.73 Å². The van der Waals surface area contributed by atoms with Crippen molar-refractivity contribution in [3.05, 3.63) is 59.7 Å². The van der Waals surface area contributed by atoms with E-state index in [-0.39, 0.29) is 5.91 Å². The summed E-state index contributed by atoms with van der Waals surface area (Å²) < 4.78 is 0. The van der Waals surface area contributed by atoms with Gasteiger partial charge in [0.25, 0.3) is 5.91 Å². The highest BCUT2D eigenvalue weighted by Gasteiger charge is 2.11. The summed E-state index contributed by atoms with van der Waals surface area (Å²) in [6, 6.07) is 15.1. The fourth-order valence-electron chi connectivity index (χ4n) is 1.84. The predicted octanol–water partition coefficient (Wildman–Crippen LogP) is 3.12. The molecule has 3 N–H and O–H groups in total. The van der Waals surface area contributed by atoms with Gasteiger partial charge in [-0.15, -0.1) is 11.8 Å². The number of amides is 1. The van der Waals surface area contributed by atoms with Crippen LogP contribution in [-0.2, 0) is 6.54 Å². The molecule has 0 aliphatic rings. The van der Waals surface area contributed by atoms with Crippen LogP contribution in [0.25, 0.3) is 0 Å². The van der Waals surface area contributed by atoms with Gasteiger partial charge in [0.2, 0.25) is 0 Å². The van der Waals surface area contributed by atoms with E-state index >= 15 is 0 Å². The highest BCUT2D eigenvalue weighted by molar-refractivity contribution is 7.98. The molecule has 0 aliphatic heterocycles. The first-order valence-electron chi connectivity index (χ1n) is 5.98. The van der Waals surface area contributed by atoms with E-state index < -0.39 is 0 Å². The molecule has 3 nitrogen and oxygen atoms in total. The molecule has 0 heterocycles. The summed E-state index contributed by atoms with van der Waals surface area (Å²) >= 11 is 1.56. The zero-order valence-corrected chi connectivity index (χ0v) is 11.5. The molecule has 0 bridgehead atoms. The number of hydrogen-bond donors (Lipinski definition) is 2. The topological polar surface area (TPSA) is 55.1 Å². The molecule has 19 heavy (non-hydrogen) atoms. The van der Waals surface area contributed by atoms with Gasteiger partial charge in [0.1, 0.15) is 0 Å². The molecule has 0 aromatic heterocycles. The van der Waals surface area contributed by atoms with Crippen LogP contribution in [-0.4, -0.2) is 12.2 Å². The minimum atomic E-state index is -0.106. The first-order chi connectivity index (χ1) is 9.26. The molecule has 98 valence electrons. The van der Waals surface area contributed by atoms with Gasteiger partial charge < -0.3 is 11.1 Å². The van der Waals surface area contributed by atoms with E-state index in [1.54, 1.807) is 11.8 Å². The highest BCUT2D eigenvalue weighted by Crippen LogP contribution is 2.22. The van der Waals surface area contributed by atoms with Crippen LogP contribution in [0.1, 0.15) is 15.9 Å². The van der Waals surface area contributed by atoms with E-state index in [0.29, 0.717) is 12.1 Å². The average molecular weight is 272 g/mol. The molecule has 0 radical (unpaired) electrons. The molecule has 2 aromatic rings. The summed E-state index contributed by atoms with van der Waals surface area (Å²) in [4.78, 5) is 13.3. The number of nitrogens with two attached hydrogens (primary N) is 1. The first kappa shape index (κ1) is 13.6. The Balaban J connectivity index is 2.26. The molecular formula is C15H16N2OS. The second kappa shape index (κ2) is 6.41. The number of nitrogens with one attached hydrogen (secondary N) is 1. The van der Waals surface area contributed by atoms with Crippen molar-refractivity contribution in [2.24, 2.45) is 5.73 Å². The Morgan fingerprint density at radius 3 is 2.58 bits per heavy atom. The number of thioether (sulfide) groups is 1. The van der Waals surface area contributed by atoms with E-state index in [9.17, 15) is 4.79 Å². The zero-order chi connectivity index (χ0) is 13.7. The fraction of sp³-hybridized carbons (Fsp3) is 0.133. The summed E-state index contributed by atoms with van der Waals surface area (Å²) in [7, 11) is 0. The van der Waals surface area contributed by atoms with Crippen LogP contribution >= 0.6 is 11.8 Å². The molecule has 0 spiro atoms. The van der Waals surface area contributed by atoms with Gasteiger partial charge in [-0.3, -0.25) is 4.79 Å². The minimum absolute atomic E-state index is 0.106. The molecular weight excluding hydrogens is 256 g/mol. The molecule has 0 saturated carbocycles. The molecule has 1 amide bonds. The van der Waals surface area contributed by atoms with Gasteiger partial charge in [0, 0.05) is 17.1 Å². The van der Waals surface area contributed by atoms with Gasteiger partial charge in [-0.1, -0.05) is 30.3 Å². The number of carbonyl (C=O) groups is 1. The van der Waals surface area contributed by atoms with E-state index in [2.05, 4.69) is 5.32 Å². The largest absolute Gasteiger partial charge is 0.326 e. The molecule has 0 aliphatic carbocycles. The molecule has 0 fully saturated rings. The predicted molar refractivity (Wildman–Crippen MR) is 80.5 cm³/mol. The van der Waals surface area contributed by atoms with Gasteiger partial charge >= 0.3 is 0 Å². The van der Waals surface area contributed by atoms with Crippen LogP contribution in [0, 0.1) is 0 Å². The lowest BCUT2D eigenvalue weighted by Gasteiger charge is -2.11. The van der Waals surface area contributed by atoms with E-state index in [0.717, 1.165) is 16.1 Å². The van der Waals surface area contributed by atoms with Crippen molar-refractivity contribution in [3.63, 3.8) is 0 Å². The van der Waals surface area contributed by atoms with Gasteiger partial charge in [-0.05, 0) is 30.0 Å². The highest BCUT2D eigenvalue weighted by atomic mass is 32.2. The number of rotatable bonds is 4. The molecule has 2 aromatic carbocycles. The summed E-state index contributed by atoms with van der Waals surface area (Å²) in [6.45, 7) is 0.403. The van der Waals surface area contributed by atoms with Crippen LogP contribution in [0.4, 0.5) is 5.69 Å². The fourth-order valence-corrected chi connectivity index (χ4v) is 2.44.